The van der Waals surface area contributed by atoms with Crippen molar-refractivity contribution >= 4 is 29.4 Å². The quantitative estimate of drug-likeness (QED) is 0.575. The number of carbonyl (C=O) groups is 3. The third-order valence-corrected chi connectivity index (χ3v) is 4.86. The fourth-order valence-electron chi connectivity index (χ4n) is 2.94. The van der Waals surface area contributed by atoms with Gasteiger partial charge >= 0.3 is 18.1 Å². The maximum atomic E-state index is 12.5. The van der Waals surface area contributed by atoms with E-state index in [4.69, 9.17) is 16.3 Å². The van der Waals surface area contributed by atoms with E-state index in [1.165, 1.54) is 17.6 Å². The third-order valence-electron chi connectivity index (χ3n) is 4.63. The van der Waals surface area contributed by atoms with Crippen molar-refractivity contribution in [2.24, 2.45) is 0 Å². The first-order valence-electron chi connectivity index (χ1n) is 9.66. The number of alkyl halides is 3. The van der Waals surface area contributed by atoms with Crippen LogP contribution in [0, 0.1) is 0 Å². The molecule has 176 valence electrons. The minimum Gasteiger partial charge on any atom is -0.370 e. The summed E-state index contributed by atoms with van der Waals surface area (Å²) in [4.78, 5) is 40.6. The molecule has 0 aliphatic carbocycles. The summed E-state index contributed by atoms with van der Waals surface area (Å²) in [5.74, 6) is -3.28. The number of urea groups is 1. The van der Waals surface area contributed by atoms with Crippen LogP contribution in [0.2, 0.25) is 5.02 Å². The second-order valence-electron chi connectivity index (χ2n) is 6.96. The molecule has 1 aromatic heterocycles. The standard InChI is InChI=1S/C20H19ClF3N5O4/c21-14-3-1-2-12(8-14)16-11-29(6-7-33-16)19(32)26-10-15-5-4-13(9-25-15)17(30)27-28-18(31)20(22,23)24/h1-5,8-9,16H,6-7,10-11H2,(H,26,32)(H,27,30)(H,28,31). The topological polar surface area (TPSA) is 113 Å². The van der Waals surface area contributed by atoms with Gasteiger partial charge in [-0.25, -0.2) is 4.79 Å². The lowest BCUT2D eigenvalue weighted by atomic mass is 10.1. The van der Waals surface area contributed by atoms with E-state index < -0.39 is 18.0 Å². The van der Waals surface area contributed by atoms with E-state index in [1.807, 2.05) is 6.07 Å². The zero-order valence-corrected chi connectivity index (χ0v) is 17.7. The van der Waals surface area contributed by atoms with E-state index in [9.17, 15) is 27.6 Å². The molecule has 33 heavy (non-hydrogen) atoms. The number of nitrogens with one attached hydrogen (secondary N) is 3. The number of carbonyl (C=O) groups excluding carboxylic acids is 3. The molecule has 0 bridgehead atoms. The Morgan fingerprint density at radius 2 is 1.97 bits per heavy atom. The summed E-state index contributed by atoms with van der Waals surface area (Å²) in [5, 5.41) is 3.29. The highest BCUT2D eigenvalue weighted by Gasteiger charge is 2.39. The van der Waals surface area contributed by atoms with Crippen molar-refractivity contribution < 1.29 is 32.3 Å². The Labute approximate surface area is 191 Å². The molecule has 2 aromatic rings. The Bertz CT molecular complexity index is 1020. The van der Waals surface area contributed by atoms with Crippen molar-refractivity contribution in [3.05, 3.63) is 64.4 Å². The number of hydrazine groups is 1. The molecular formula is C20H19ClF3N5O4. The summed E-state index contributed by atoms with van der Waals surface area (Å²) < 4.78 is 42.1. The molecule has 3 N–H and O–H groups in total. The fourth-order valence-corrected chi connectivity index (χ4v) is 3.14. The largest absolute Gasteiger partial charge is 0.472 e. The second-order valence-corrected chi connectivity index (χ2v) is 7.40. The van der Waals surface area contributed by atoms with Crippen molar-refractivity contribution in [3.63, 3.8) is 0 Å². The average Bonchev–Trinajstić information content (AvgIpc) is 2.80. The fraction of sp³-hybridized carbons (Fsp3) is 0.300. The molecule has 1 aliphatic rings. The minimum absolute atomic E-state index is 0.0602. The van der Waals surface area contributed by atoms with Gasteiger partial charge in [-0.3, -0.25) is 25.4 Å². The molecule has 0 saturated carbocycles. The van der Waals surface area contributed by atoms with Crippen LogP contribution in [0.5, 0.6) is 0 Å². The molecule has 9 nitrogen and oxygen atoms in total. The first-order chi connectivity index (χ1) is 15.6. The van der Waals surface area contributed by atoms with Crippen LogP contribution >= 0.6 is 11.6 Å². The Kier molecular flexibility index (Phi) is 7.71. The van der Waals surface area contributed by atoms with Gasteiger partial charge in [-0.2, -0.15) is 13.2 Å². The van der Waals surface area contributed by atoms with Gasteiger partial charge in [0.2, 0.25) is 0 Å². The van der Waals surface area contributed by atoms with Crippen molar-refractivity contribution in [3.8, 4) is 0 Å². The molecular weight excluding hydrogens is 467 g/mol. The van der Waals surface area contributed by atoms with Gasteiger partial charge in [0.05, 0.1) is 31.0 Å². The molecule has 2 heterocycles. The van der Waals surface area contributed by atoms with Crippen molar-refractivity contribution in [2.45, 2.75) is 18.8 Å². The highest BCUT2D eigenvalue weighted by Crippen LogP contribution is 2.24. The smallest absolute Gasteiger partial charge is 0.370 e. The maximum absolute atomic E-state index is 12.5. The first-order valence-corrected chi connectivity index (χ1v) is 10.0. The molecule has 4 amide bonds. The molecule has 3 rings (SSSR count). The lowest BCUT2D eigenvalue weighted by Gasteiger charge is -2.33. The molecule has 0 radical (unpaired) electrons. The van der Waals surface area contributed by atoms with Gasteiger partial charge in [0.1, 0.15) is 6.10 Å². The number of aromatic nitrogens is 1. The minimum atomic E-state index is -5.12. The second kappa shape index (κ2) is 10.5. The molecule has 0 spiro atoms. The van der Waals surface area contributed by atoms with Gasteiger partial charge in [-0.05, 0) is 29.8 Å². The Hall–Kier alpha value is -3.38. The van der Waals surface area contributed by atoms with E-state index in [1.54, 1.807) is 28.5 Å². The van der Waals surface area contributed by atoms with Gasteiger partial charge in [-0.15, -0.1) is 0 Å². The van der Waals surface area contributed by atoms with Gasteiger partial charge in [0, 0.05) is 17.8 Å². The number of nitrogens with zero attached hydrogens (tertiary/aromatic N) is 2. The van der Waals surface area contributed by atoms with Crippen LogP contribution in [0.25, 0.3) is 0 Å². The third kappa shape index (κ3) is 6.80. The molecule has 1 aromatic carbocycles. The summed E-state index contributed by atoms with van der Waals surface area (Å²) in [7, 11) is 0. The highest BCUT2D eigenvalue weighted by atomic mass is 35.5. The van der Waals surface area contributed by atoms with Gasteiger partial charge in [0.25, 0.3) is 5.91 Å². The first kappa shape index (κ1) is 24.3. The van der Waals surface area contributed by atoms with Gasteiger partial charge in [-0.1, -0.05) is 23.7 Å². The maximum Gasteiger partial charge on any atom is 0.472 e. The number of halogens is 4. The highest BCUT2D eigenvalue weighted by molar-refractivity contribution is 6.30. The van der Waals surface area contributed by atoms with Crippen LogP contribution in [0.15, 0.2) is 42.6 Å². The van der Waals surface area contributed by atoms with E-state index in [0.29, 0.717) is 30.4 Å². The Morgan fingerprint density at radius 3 is 2.64 bits per heavy atom. The predicted octanol–water partition coefficient (Wildman–Crippen LogP) is 2.34. The average molecular weight is 486 g/mol. The predicted molar refractivity (Wildman–Crippen MR) is 110 cm³/mol. The SMILES string of the molecule is O=C(NNC(=O)C(F)(F)F)c1ccc(CNC(=O)N2CCOC(c3cccc(Cl)c3)C2)nc1. The van der Waals surface area contributed by atoms with Crippen LogP contribution in [0.4, 0.5) is 18.0 Å². The summed E-state index contributed by atoms with van der Waals surface area (Å²) in [6.45, 7) is 1.16. The molecule has 1 saturated heterocycles. The molecule has 13 heteroatoms. The summed E-state index contributed by atoms with van der Waals surface area (Å²) in [6, 6.07) is 9.60. The van der Waals surface area contributed by atoms with E-state index in [0.717, 1.165) is 11.8 Å². The number of amides is 4. The van der Waals surface area contributed by atoms with Crippen LogP contribution in [-0.4, -0.2) is 53.6 Å². The molecule has 1 unspecified atom stereocenters. The number of hydrogen-bond donors (Lipinski definition) is 3. The van der Waals surface area contributed by atoms with Crippen molar-refractivity contribution in [1.82, 2.24) is 26.1 Å². The summed E-state index contributed by atoms with van der Waals surface area (Å²) in [5.41, 5.74) is 4.10. The molecule has 1 fully saturated rings. The van der Waals surface area contributed by atoms with Crippen LogP contribution in [0.1, 0.15) is 27.7 Å². The summed E-state index contributed by atoms with van der Waals surface area (Å²) >= 11 is 6.02. The van der Waals surface area contributed by atoms with Gasteiger partial charge in [0.15, 0.2) is 0 Å². The van der Waals surface area contributed by atoms with Crippen LogP contribution in [0.3, 0.4) is 0 Å². The summed E-state index contributed by atoms with van der Waals surface area (Å²) in [6.07, 6.45) is -4.32. The van der Waals surface area contributed by atoms with E-state index in [2.05, 4.69) is 10.3 Å². The number of morpholine rings is 1. The Balaban J connectivity index is 1.49. The van der Waals surface area contributed by atoms with Crippen LogP contribution < -0.4 is 16.2 Å². The number of hydrogen-bond acceptors (Lipinski definition) is 5. The van der Waals surface area contributed by atoms with Crippen molar-refractivity contribution in [1.29, 1.82) is 0 Å². The number of pyridine rings is 1. The monoisotopic (exact) mass is 485 g/mol. The van der Waals surface area contributed by atoms with E-state index >= 15 is 0 Å². The zero-order chi connectivity index (χ0) is 24.0. The lowest BCUT2D eigenvalue weighted by Crippen LogP contribution is -2.47. The normalized spacial score (nSPS) is 16.1. The molecule has 1 aliphatic heterocycles. The van der Waals surface area contributed by atoms with Crippen molar-refractivity contribution in [2.75, 3.05) is 19.7 Å². The number of benzene rings is 1. The number of rotatable bonds is 4. The Morgan fingerprint density at radius 1 is 1.18 bits per heavy atom. The lowest BCUT2D eigenvalue weighted by molar-refractivity contribution is -0.174. The zero-order valence-electron chi connectivity index (χ0n) is 17.0. The van der Waals surface area contributed by atoms with Crippen LogP contribution in [-0.2, 0) is 16.1 Å². The number of ether oxygens (including phenoxy) is 1. The molecule has 1 atom stereocenters. The van der Waals surface area contributed by atoms with Gasteiger partial charge < -0.3 is 15.0 Å². The van der Waals surface area contributed by atoms with E-state index in [-0.39, 0.29) is 24.2 Å².